The molecule has 0 aliphatic rings. The summed E-state index contributed by atoms with van der Waals surface area (Å²) in [5.74, 6) is -0.0801. The van der Waals surface area contributed by atoms with E-state index in [1.54, 1.807) is 6.92 Å². The number of hydrogen-bond donors (Lipinski definition) is 3. The molecule has 0 spiro atoms. The van der Waals surface area contributed by atoms with Gasteiger partial charge in [0.2, 0.25) is 5.88 Å². The number of aromatic nitrogens is 2. The van der Waals surface area contributed by atoms with Gasteiger partial charge in [0.1, 0.15) is 0 Å². The molecule has 0 saturated carbocycles. The summed E-state index contributed by atoms with van der Waals surface area (Å²) < 4.78 is 1.40. The Morgan fingerprint density at radius 3 is 2.73 bits per heavy atom. The molecule has 5 heteroatoms. The molecule has 1 heterocycles. The average molecular weight is 157 g/mol. The van der Waals surface area contributed by atoms with Crippen LogP contribution in [0.4, 0.5) is 0 Å². The molecule has 0 unspecified atom stereocenters. The standard InChI is InChI=1S/C6H11N3O2/c1-4-5(10)8-6(11)9(4)3-2-7/h10H,2-3,7H2,1H3,(H,8,11). The first-order valence-electron chi connectivity index (χ1n) is 3.35. The Kier molecular flexibility index (Phi) is 2.00. The molecule has 1 rings (SSSR count). The van der Waals surface area contributed by atoms with Crippen molar-refractivity contribution in [2.75, 3.05) is 6.54 Å². The molecule has 0 aliphatic carbocycles. The Bertz CT molecular complexity index is 299. The number of imidazole rings is 1. The van der Waals surface area contributed by atoms with Gasteiger partial charge in [-0.1, -0.05) is 0 Å². The van der Waals surface area contributed by atoms with E-state index in [4.69, 9.17) is 10.8 Å². The van der Waals surface area contributed by atoms with E-state index in [1.165, 1.54) is 4.57 Å². The molecule has 11 heavy (non-hydrogen) atoms. The molecule has 0 atom stereocenters. The van der Waals surface area contributed by atoms with E-state index in [0.717, 1.165) is 0 Å². The number of nitrogens with one attached hydrogen (secondary N) is 1. The van der Waals surface area contributed by atoms with Crippen molar-refractivity contribution in [3.63, 3.8) is 0 Å². The molecule has 0 aromatic carbocycles. The number of aromatic hydroxyl groups is 1. The predicted molar refractivity (Wildman–Crippen MR) is 40.5 cm³/mol. The largest absolute Gasteiger partial charge is 0.493 e. The van der Waals surface area contributed by atoms with Crippen LogP contribution >= 0.6 is 0 Å². The third-order valence-electron chi connectivity index (χ3n) is 1.57. The van der Waals surface area contributed by atoms with Gasteiger partial charge in [-0.2, -0.15) is 0 Å². The van der Waals surface area contributed by atoms with Crippen molar-refractivity contribution in [1.82, 2.24) is 9.55 Å². The van der Waals surface area contributed by atoms with Gasteiger partial charge in [0, 0.05) is 13.1 Å². The molecular weight excluding hydrogens is 146 g/mol. The van der Waals surface area contributed by atoms with Crippen LogP contribution in [0.5, 0.6) is 5.88 Å². The molecule has 5 nitrogen and oxygen atoms in total. The van der Waals surface area contributed by atoms with Gasteiger partial charge in [-0.3, -0.25) is 9.55 Å². The molecule has 0 bridgehead atoms. The summed E-state index contributed by atoms with van der Waals surface area (Å²) in [6.07, 6.45) is 0. The van der Waals surface area contributed by atoms with Crippen LogP contribution in [0, 0.1) is 6.92 Å². The van der Waals surface area contributed by atoms with Crippen molar-refractivity contribution in [2.45, 2.75) is 13.5 Å². The van der Waals surface area contributed by atoms with Crippen LogP contribution in [0.25, 0.3) is 0 Å². The van der Waals surface area contributed by atoms with Gasteiger partial charge in [0.25, 0.3) is 0 Å². The maximum absolute atomic E-state index is 10.9. The minimum absolute atomic E-state index is 0.0801. The van der Waals surface area contributed by atoms with Crippen LogP contribution in [0.2, 0.25) is 0 Å². The molecule has 0 amide bonds. The van der Waals surface area contributed by atoms with E-state index < -0.39 is 0 Å². The summed E-state index contributed by atoms with van der Waals surface area (Å²) in [6.45, 7) is 2.47. The van der Waals surface area contributed by atoms with Gasteiger partial charge < -0.3 is 10.8 Å². The van der Waals surface area contributed by atoms with Crippen LogP contribution in [-0.4, -0.2) is 21.2 Å². The summed E-state index contributed by atoms with van der Waals surface area (Å²) in [6, 6.07) is 0. The molecule has 1 aromatic rings. The van der Waals surface area contributed by atoms with Gasteiger partial charge in [-0.15, -0.1) is 0 Å². The minimum Gasteiger partial charge on any atom is -0.493 e. The highest BCUT2D eigenvalue weighted by atomic mass is 16.3. The first-order chi connectivity index (χ1) is 5.16. The third kappa shape index (κ3) is 1.27. The quantitative estimate of drug-likeness (QED) is 0.522. The van der Waals surface area contributed by atoms with Crippen molar-refractivity contribution in [3.8, 4) is 5.88 Å². The van der Waals surface area contributed by atoms with E-state index in [-0.39, 0.29) is 11.6 Å². The zero-order valence-corrected chi connectivity index (χ0v) is 6.29. The fourth-order valence-corrected chi connectivity index (χ4v) is 0.938. The monoisotopic (exact) mass is 157 g/mol. The number of nitrogens with zero attached hydrogens (tertiary/aromatic N) is 1. The van der Waals surface area contributed by atoms with Crippen molar-refractivity contribution in [1.29, 1.82) is 0 Å². The zero-order valence-electron chi connectivity index (χ0n) is 6.29. The fraction of sp³-hybridized carbons (Fsp3) is 0.500. The second kappa shape index (κ2) is 2.79. The van der Waals surface area contributed by atoms with Crippen LogP contribution in [-0.2, 0) is 6.54 Å². The Balaban J connectivity index is 3.12. The van der Waals surface area contributed by atoms with E-state index in [2.05, 4.69) is 4.98 Å². The molecule has 4 N–H and O–H groups in total. The summed E-state index contributed by atoms with van der Waals surface area (Å²) in [4.78, 5) is 13.2. The fourth-order valence-electron chi connectivity index (χ4n) is 0.938. The normalized spacial score (nSPS) is 10.4. The molecule has 0 aliphatic heterocycles. The molecule has 0 fully saturated rings. The lowest BCUT2D eigenvalue weighted by Gasteiger charge is -1.98. The van der Waals surface area contributed by atoms with Crippen molar-refractivity contribution < 1.29 is 5.11 Å². The van der Waals surface area contributed by atoms with Crippen LogP contribution < -0.4 is 11.4 Å². The smallest absolute Gasteiger partial charge is 0.328 e. The average Bonchev–Trinajstić information content (AvgIpc) is 2.17. The van der Waals surface area contributed by atoms with E-state index in [9.17, 15) is 4.79 Å². The van der Waals surface area contributed by atoms with Crippen molar-refractivity contribution >= 4 is 0 Å². The maximum atomic E-state index is 10.9. The molecule has 0 saturated heterocycles. The lowest BCUT2D eigenvalue weighted by Crippen LogP contribution is -2.22. The zero-order chi connectivity index (χ0) is 8.43. The SMILES string of the molecule is Cc1c(O)[nH]c(=O)n1CCN. The lowest BCUT2D eigenvalue weighted by molar-refractivity contribution is 0.450. The van der Waals surface area contributed by atoms with Gasteiger partial charge in [-0.25, -0.2) is 4.79 Å². The van der Waals surface area contributed by atoms with Crippen LogP contribution in [0.3, 0.4) is 0 Å². The molecular formula is C6H11N3O2. The third-order valence-corrected chi connectivity index (χ3v) is 1.57. The van der Waals surface area contributed by atoms with Crippen molar-refractivity contribution in [3.05, 3.63) is 16.2 Å². The number of H-pyrrole nitrogens is 1. The highest BCUT2D eigenvalue weighted by molar-refractivity contribution is 5.15. The van der Waals surface area contributed by atoms with E-state index in [0.29, 0.717) is 18.8 Å². The van der Waals surface area contributed by atoms with Crippen LogP contribution in [0.1, 0.15) is 5.69 Å². The highest BCUT2D eigenvalue weighted by Gasteiger charge is 2.06. The maximum Gasteiger partial charge on any atom is 0.328 e. The number of nitrogens with two attached hydrogens (primary N) is 1. The molecule has 0 radical (unpaired) electrons. The minimum atomic E-state index is -0.314. The topological polar surface area (TPSA) is 84.0 Å². The van der Waals surface area contributed by atoms with E-state index >= 15 is 0 Å². The first kappa shape index (κ1) is 7.87. The van der Waals surface area contributed by atoms with Crippen molar-refractivity contribution in [2.24, 2.45) is 5.73 Å². The van der Waals surface area contributed by atoms with E-state index in [1.807, 2.05) is 0 Å². The Morgan fingerprint density at radius 1 is 1.73 bits per heavy atom. The first-order valence-corrected chi connectivity index (χ1v) is 3.35. The van der Waals surface area contributed by atoms with Gasteiger partial charge in [0.15, 0.2) is 0 Å². The van der Waals surface area contributed by atoms with Gasteiger partial charge in [0.05, 0.1) is 5.69 Å². The second-order valence-corrected chi connectivity index (χ2v) is 2.30. The molecule has 1 aromatic heterocycles. The summed E-state index contributed by atoms with van der Waals surface area (Å²) in [5, 5.41) is 9.03. The Labute approximate surface area is 63.5 Å². The summed E-state index contributed by atoms with van der Waals surface area (Å²) in [5.41, 5.74) is 5.47. The summed E-state index contributed by atoms with van der Waals surface area (Å²) in [7, 11) is 0. The van der Waals surface area contributed by atoms with Gasteiger partial charge in [-0.05, 0) is 6.92 Å². The second-order valence-electron chi connectivity index (χ2n) is 2.30. The Morgan fingerprint density at radius 2 is 2.36 bits per heavy atom. The number of rotatable bonds is 2. The Hall–Kier alpha value is -1.23. The number of hydrogen-bond acceptors (Lipinski definition) is 3. The predicted octanol–water partition coefficient (Wildman–Crippen LogP) is -0.851. The molecule has 62 valence electrons. The number of aromatic amines is 1. The highest BCUT2D eigenvalue weighted by Crippen LogP contribution is 2.07. The van der Waals surface area contributed by atoms with Crippen LogP contribution in [0.15, 0.2) is 4.79 Å². The van der Waals surface area contributed by atoms with Gasteiger partial charge >= 0.3 is 5.69 Å². The lowest BCUT2D eigenvalue weighted by atomic mass is 10.5. The summed E-state index contributed by atoms with van der Waals surface area (Å²) >= 11 is 0.